The monoisotopic (exact) mass is 446 g/mol. The Morgan fingerprint density at radius 3 is 2.38 bits per heavy atom. The molecular formula is C22H19ClO4S2. The number of fused-ring (bicyclic) bond motifs is 2. The molecule has 4 nitrogen and oxygen atoms in total. The van der Waals surface area contributed by atoms with Crippen molar-refractivity contribution in [3.63, 3.8) is 0 Å². The van der Waals surface area contributed by atoms with Crippen LogP contribution in [-0.2, 0) is 3.74 Å². The molecule has 0 fully saturated rings. The van der Waals surface area contributed by atoms with E-state index in [1.54, 1.807) is 11.8 Å². The molecule has 29 heavy (non-hydrogen) atoms. The van der Waals surface area contributed by atoms with Crippen LogP contribution < -0.4 is 14.0 Å². The van der Waals surface area contributed by atoms with E-state index >= 15 is 0 Å². The van der Waals surface area contributed by atoms with Crippen LogP contribution in [0, 0.1) is 24.1 Å². The molecule has 2 aliphatic heterocycles. The number of aryl methyl sites for hydroxylation is 2. The Morgan fingerprint density at radius 2 is 1.66 bits per heavy atom. The first-order valence-electron chi connectivity index (χ1n) is 8.88. The van der Waals surface area contributed by atoms with Gasteiger partial charge in [-0.3, -0.25) is 0 Å². The summed E-state index contributed by atoms with van der Waals surface area (Å²) in [6, 6.07) is 12.0. The second-order valence-corrected chi connectivity index (χ2v) is 10.6. The predicted molar refractivity (Wildman–Crippen MR) is 111 cm³/mol. The molecule has 2 aliphatic rings. The van der Waals surface area contributed by atoms with E-state index in [0.29, 0.717) is 9.76 Å². The van der Waals surface area contributed by atoms with Crippen molar-refractivity contribution in [3.8, 4) is 0 Å². The second kappa shape index (κ2) is 7.89. The molecule has 0 radical (unpaired) electrons. The Kier molecular flexibility index (Phi) is 5.61. The molecule has 2 aromatic rings. The summed E-state index contributed by atoms with van der Waals surface area (Å²) < 4.78 is 39.5. The van der Waals surface area contributed by atoms with Crippen LogP contribution in [0.5, 0.6) is 0 Å². The first-order chi connectivity index (χ1) is 13.7. The summed E-state index contributed by atoms with van der Waals surface area (Å²) in [5.41, 5.74) is 6.07. The third-order valence-corrected chi connectivity index (χ3v) is 8.05. The summed E-state index contributed by atoms with van der Waals surface area (Å²) in [7, 11) is -5.90. The van der Waals surface area contributed by atoms with Crippen LogP contribution >= 0.6 is 22.5 Å². The van der Waals surface area contributed by atoms with Crippen molar-refractivity contribution in [1.29, 1.82) is 0 Å². The maximum absolute atomic E-state index is 11.5. The van der Waals surface area contributed by atoms with E-state index in [4.69, 9.17) is 3.74 Å². The standard InChI is InChI=1S/C22H19ClO4S2/c1-14-5-7-20-17(8-9-28-21(20)10-14)13-18-12-16(3)19-6-4-15(2)11-22(19)29(18)27-23(24,25)26/h4-13H,1-3H3/b17-13+. The normalized spacial score (nSPS) is 19.8. The van der Waals surface area contributed by atoms with E-state index in [9.17, 15) is 14.0 Å². The van der Waals surface area contributed by atoms with Gasteiger partial charge in [0.05, 0.1) is 15.1 Å². The van der Waals surface area contributed by atoms with Crippen LogP contribution in [0.15, 0.2) is 69.8 Å². The molecule has 1 unspecified atom stereocenters. The van der Waals surface area contributed by atoms with Crippen molar-refractivity contribution in [2.24, 2.45) is 0 Å². The molecule has 0 aromatic heterocycles. The Labute approximate surface area is 179 Å². The molecule has 0 bridgehead atoms. The number of thioether (sulfide) groups is 1. The van der Waals surface area contributed by atoms with Gasteiger partial charge in [0.15, 0.2) is 0 Å². The van der Waals surface area contributed by atoms with Crippen molar-refractivity contribution in [2.75, 3.05) is 0 Å². The third-order valence-electron chi connectivity index (χ3n) is 4.66. The largest absolute Gasteiger partial charge is 0.182 e. The topological polar surface area (TPSA) is 78.4 Å². The maximum Gasteiger partial charge on any atom is 0.147 e. The van der Waals surface area contributed by atoms with E-state index in [-0.39, 0.29) is 0 Å². The third kappa shape index (κ3) is 4.44. The lowest BCUT2D eigenvalue weighted by atomic mass is 10.0. The summed E-state index contributed by atoms with van der Waals surface area (Å²) in [5, 5.41) is 2.01. The van der Waals surface area contributed by atoms with E-state index in [2.05, 4.69) is 18.2 Å². The van der Waals surface area contributed by atoms with E-state index in [0.717, 1.165) is 32.7 Å². The highest BCUT2D eigenvalue weighted by atomic mass is 35.7. The van der Waals surface area contributed by atoms with Crippen LogP contribution in [0.3, 0.4) is 0 Å². The number of benzene rings is 2. The lowest BCUT2D eigenvalue weighted by Crippen LogP contribution is -2.60. The van der Waals surface area contributed by atoms with Crippen molar-refractivity contribution < 1.29 is 28.0 Å². The first-order valence-corrected chi connectivity index (χ1v) is 12.1. The molecule has 2 heterocycles. The summed E-state index contributed by atoms with van der Waals surface area (Å²) in [6.45, 7) is 5.95. The quantitative estimate of drug-likeness (QED) is 0.534. The molecule has 0 spiro atoms. The fourth-order valence-corrected chi connectivity index (χ4v) is 6.94. The van der Waals surface area contributed by atoms with Gasteiger partial charge in [0, 0.05) is 9.76 Å². The molecule has 4 rings (SSSR count). The molecule has 1 atom stereocenters. The zero-order valence-corrected chi connectivity index (χ0v) is 18.5. The number of rotatable bonds is 3. The van der Waals surface area contributed by atoms with Crippen molar-refractivity contribution in [2.45, 2.75) is 30.6 Å². The minimum absolute atomic E-state index is 0.658. The number of halogens is 1. The average molecular weight is 447 g/mol. The highest BCUT2D eigenvalue weighted by Gasteiger charge is 2.30. The molecule has 7 heteroatoms. The van der Waals surface area contributed by atoms with Gasteiger partial charge in [-0.1, -0.05) is 36.0 Å². The van der Waals surface area contributed by atoms with Gasteiger partial charge in [-0.25, -0.2) is 0 Å². The maximum atomic E-state index is 11.5. The Morgan fingerprint density at radius 1 is 0.966 bits per heavy atom. The van der Waals surface area contributed by atoms with Crippen LogP contribution in [-0.4, -0.2) is 4.86 Å². The van der Waals surface area contributed by atoms with Crippen LogP contribution in [0.25, 0.3) is 11.1 Å². The van der Waals surface area contributed by atoms with Gasteiger partial charge in [-0.15, -0.1) is 0 Å². The minimum atomic E-state index is -4.57. The van der Waals surface area contributed by atoms with Gasteiger partial charge in [-0.2, -0.15) is 14.0 Å². The summed E-state index contributed by atoms with van der Waals surface area (Å²) in [6.07, 6.45) is 5.82. The van der Waals surface area contributed by atoms with Gasteiger partial charge in [0.1, 0.15) is 14.5 Å². The van der Waals surface area contributed by atoms with E-state index in [1.165, 1.54) is 5.56 Å². The highest BCUT2D eigenvalue weighted by Crippen LogP contribution is 2.43. The fourth-order valence-electron chi connectivity index (χ4n) is 3.34. The van der Waals surface area contributed by atoms with E-state index in [1.807, 2.05) is 62.6 Å². The molecule has 150 valence electrons. The number of allylic oxidation sites excluding steroid dienone is 5. The number of hydrogen-bond acceptors (Lipinski definition) is 5. The molecule has 0 aliphatic carbocycles. The van der Waals surface area contributed by atoms with Crippen LogP contribution in [0.2, 0.25) is 0 Å². The molecule has 0 saturated heterocycles. The second-order valence-electron chi connectivity index (χ2n) is 6.96. The van der Waals surface area contributed by atoms with Gasteiger partial charge >= 0.3 is 0 Å². The van der Waals surface area contributed by atoms with E-state index < -0.39 is 21.0 Å². The average Bonchev–Trinajstić information content (AvgIpc) is 2.64. The number of hydrogen-bond donors (Lipinski definition) is 0. The van der Waals surface area contributed by atoms with Gasteiger partial charge in [-0.05, 0) is 89.9 Å². The summed E-state index contributed by atoms with van der Waals surface area (Å²) in [4.78, 5) is 2.51. The Bertz CT molecular complexity index is 1120. The lowest BCUT2D eigenvalue weighted by molar-refractivity contribution is -1.91. The smallest absolute Gasteiger partial charge is 0.147 e. The first kappa shape index (κ1) is 20.6. The summed E-state index contributed by atoms with van der Waals surface area (Å²) >= 11 is 1.65. The fraction of sp³-hybridized carbons (Fsp3) is 0.136. The Balaban J connectivity index is 1.92. The summed E-state index contributed by atoms with van der Waals surface area (Å²) in [5.74, 6) is 0. The zero-order chi connectivity index (χ0) is 20.8. The van der Waals surface area contributed by atoms with Crippen LogP contribution in [0.4, 0.5) is 0 Å². The molecular weight excluding hydrogens is 428 g/mol. The van der Waals surface area contributed by atoms with Gasteiger partial charge in [0.25, 0.3) is 0 Å². The molecule has 2 aromatic carbocycles. The van der Waals surface area contributed by atoms with Crippen molar-refractivity contribution in [3.05, 3.63) is 82.3 Å². The van der Waals surface area contributed by atoms with Crippen LogP contribution in [0.1, 0.15) is 29.2 Å². The van der Waals surface area contributed by atoms with Crippen molar-refractivity contribution >= 4 is 38.5 Å². The minimum Gasteiger partial charge on any atom is -0.182 e. The van der Waals surface area contributed by atoms with Gasteiger partial charge in [0.2, 0.25) is 0 Å². The highest BCUT2D eigenvalue weighted by molar-refractivity contribution is 8.12. The Hall–Kier alpha value is -1.64. The van der Waals surface area contributed by atoms with Gasteiger partial charge < -0.3 is 0 Å². The van der Waals surface area contributed by atoms with Crippen molar-refractivity contribution in [1.82, 2.24) is 0 Å². The molecule has 0 amide bonds. The molecule has 0 saturated carbocycles. The molecule has 0 N–H and O–H groups in total. The zero-order valence-electron chi connectivity index (χ0n) is 16.1. The SMILES string of the molecule is CC1=CC(/C=C2\C=CSc3cc(C)ccc32)=S(O[Cl+3]([O-])([O-])[O-])c2cc(C)ccc21. The lowest BCUT2D eigenvalue weighted by Gasteiger charge is -2.22. The predicted octanol–water partition coefficient (Wildman–Crippen LogP) is 3.05.